The number of rotatable bonds is 10. The Morgan fingerprint density at radius 3 is 2.62 bits per heavy atom. The van der Waals surface area contributed by atoms with Gasteiger partial charge in [-0.25, -0.2) is 4.79 Å². The molecule has 0 bridgehead atoms. The first-order valence-corrected chi connectivity index (χ1v) is 10.9. The molecule has 0 aliphatic heterocycles. The van der Waals surface area contributed by atoms with Crippen LogP contribution in [0.15, 0.2) is 67.0 Å². The molecule has 0 saturated heterocycles. The van der Waals surface area contributed by atoms with Crippen molar-refractivity contribution in [3.8, 4) is 11.5 Å². The Bertz CT molecular complexity index is 1050. The van der Waals surface area contributed by atoms with Gasteiger partial charge in [-0.3, -0.25) is 4.98 Å². The van der Waals surface area contributed by atoms with Crippen LogP contribution in [-0.4, -0.2) is 31.3 Å². The number of aromatic nitrogens is 1. The van der Waals surface area contributed by atoms with Crippen LogP contribution < -0.4 is 14.4 Å². The quantitative estimate of drug-likeness (QED) is 0.400. The lowest BCUT2D eigenvalue weighted by molar-refractivity contribution is 0.0526. The van der Waals surface area contributed by atoms with E-state index in [1.165, 1.54) is 12.8 Å². The van der Waals surface area contributed by atoms with Crippen molar-refractivity contribution < 1.29 is 19.0 Å². The number of hydrogen-bond donors (Lipinski definition) is 0. The van der Waals surface area contributed by atoms with Crippen LogP contribution in [0.3, 0.4) is 0 Å². The number of esters is 1. The Morgan fingerprint density at radius 1 is 1.06 bits per heavy atom. The van der Waals surface area contributed by atoms with Crippen LogP contribution in [0.4, 0.5) is 11.4 Å². The smallest absolute Gasteiger partial charge is 0.338 e. The topological polar surface area (TPSA) is 60.9 Å². The second-order valence-corrected chi connectivity index (χ2v) is 7.81. The lowest BCUT2D eigenvalue weighted by atomic mass is 10.1. The van der Waals surface area contributed by atoms with Crippen LogP contribution in [0.25, 0.3) is 0 Å². The van der Waals surface area contributed by atoms with Gasteiger partial charge in [0.15, 0.2) is 11.5 Å². The molecule has 0 radical (unpaired) electrons. The van der Waals surface area contributed by atoms with E-state index in [0.717, 1.165) is 22.7 Å². The summed E-state index contributed by atoms with van der Waals surface area (Å²) >= 11 is 0. The third kappa shape index (κ3) is 5.38. The van der Waals surface area contributed by atoms with Crippen molar-refractivity contribution in [2.24, 2.45) is 5.92 Å². The zero-order valence-corrected chi connectivity index (χ0v) is 18.5. The van der Waals surface area contributed by atoms with E-state index in [2.05, 4.69) is 9.88 Å². The summed E-state index contributed by atoms with van der Waals surface area (Å²) in [6, 6.07) is 17.3. The summed E-state index contributed by atoms with van der Waals surface area (Å²) < 4.78 is 16.8. The summed E-state index contributed by atoms with van der Waals surface area (Å²) in [5.41, 5.74) is 3.36. The van der Waals surface area contributed by atoms with Crippen molar-refractivity contribution in [3.63, 3.8) is 0 Å². The molecule has 6 heteroatoms. The van der Waals surface area contributed by atoms with E-state index in [1.54, 1.807) is 26.3 Å². The molecule has 1 fully saturated rings. The van der Waals surface area contributed by atoms with Crippen molar-refractivity contribution in [2.45, 2.75) is 26.3 Å². The van der Waals surface area contributed by atoms with E-state index in [1.807, 2.05) is 54.7 Å². The molecule has 6 nitrogen and oxygen atoms in total. The van der Waals surface area contributed by atoms with E-state index < -0.39 is 0 Å². The molecule has 0 atom stereocenters. The molecule has 166 valence electrons. The van der Waals surface area contributed by atoms with Crippen LogP contribution in [0.1, 0.15) is 35.7 Å². The number of nitrogens with zero attached hydrogens (tertiary/aromatic N) is 2. The van der Waals surface area contributed by atoms with Gasteiger partial charge in [-0.1, -0.05) is 12.1 Å². The number of carbonyl (C=O) groups is 1. The van der Waals surface area contributed by atoms with E-state index in [0.29, 0.717) is 37.0 Å². The molecular formula is C26H28N2O4. The summed E-state index contributed by atoms with van der Waals surface area (Å²) in [6.45, 7) is 3.41. The fourth-order valence-corrected chi connectivity index (χ4v) is 3.46. The van der Waals surface area contributed by atoms with Gasteiger partial charge in [0.1, 0.15) is 0 Å². The summed E-state index contributed by atoms with van der Waals surface area (Å²) in [7, 11) is 1.65. The van der Waals surface area contributed by atoms with Crippen molar-refractivity contribution in [2.75, 3.05) is 25.2 Å². The highest BCUT2D eigenvalue weighted by atomic mass is 16.5. The van der Waals surface area contributed by atoms with Crippen molar-refractivity contribution >= 4 is 17.3 Å². The highest BCUT2D eigenvalue weighted by molar-refractivity contribution is 5.91. The highest BCUT2D eigenvalue weighted by Crippen LogP contribution is 2.37. The molecule has 1 aliphatic rings. The maximum atomic E-state index is 12.3. The van der Waals surface area contributed by atoms with Gasteiger partial charge in [0.2, 0.25) is 0 Å². The van der Waals surface area contributed by atoms with Crippen molar-refractivity contribution in [1.82, 2.24) is 4.98 Å². The van der Waals surface area contributed by atoms with Gasteiger partial charge >= 0.3 is 5.97 Å². The number of methoxy groups -OCH3 is 1. The Labute approximate surface area is 188 Å². The predicted molar refractivity (Wildman–Crippen MR) is 124 cm³/mol. The molecule has 1 aliphatic carbocycles. The van der Waals surface area contributed by atoms with E-state index >= 15 is 0 Å². The second-order valence-electron chi connectivity index (χ2n) is 7.81. The number of ether oxygens (including phenoxy) is 3. The van der Waals surface area contributed by atoms with E-state index in [9.17, 15) is 4.79 Å². The minimum absolute atomic E-state index is 0.334. The summed E-state index contributed by atoms with van der Waals surface area (Å²) in [5, 5.41) is 0. The first kappa shape index (κ1) is 21.7. The number of carbonyl (C=O) groups excluding carboxylic acids is 1. The standard InChI is InChI=1S/C26H28N2O4/c1-3-31-26(29)21-7-4-8-22(14-21)28(17-20-6-5-13-27-16-20)23-11-12-24(30-2)25(15-23)32-18-19-9-10-19/h4-8,11-16,19H,3,9-10,17-18H2,1-2H3. The largest absolute Gasteiger partial charge is 0.493 e. The Balaban J connectivity index is 1.70. The molecule has 1 saturated carbocycles. The zero-order valence-electron chi connectivity index (χ0n) is 18.5. The first-order valence-electron chi connectivity index (χ1n) is 10.9. The average Bonchev–Trinajstić information content (AvgIpc) is 3.66. The first-order chi connectivity index (χ1) is 15.7. The Morgan fingerprint density at radius 2 is 1.91 bits per heavy atom. The molecule has 0 N–H and O–H groups in total. The van der Waals surface area contributed by atoms with Gasteiger partial charge in [-0.05, 0) is 67.6 Å². The van der Waals surface area contributed by atoms with Gasteiger partial charge in [0, 0.05) is 36.4 Å². The highest BCUT2D eigenvalue weighted by Gasteiger charge is 2.23. The summed E-state index contributed by atoms with van der Waals surface area (Å²) in [6.07, 6.45) is 6.04. The van der Waals surface area contributed by atoms with Crippen LogP contribution >= 0.6 is 0 Å². The molecule has 32 heavy (non-hydrogen) atoms. The van der Waals surface area contributed by atoms with Crippen LogP contribution in [0.2, 0.25) is 0 Å². The van der Waals surface area contributed by atoms with Crippen LogP contribution in [0.5, 0.6) is 11.5 Å². The minimum Gasteiger partial charge on any atom is -0.493 e. The summed E-state index contributed by atoms with van der Waals surface area (Å²) in [4.78, 5) is 18.7. The lowest BCUT2D eigenvalue weighted by Crippen LogP contribution is -2.17. The molecule has 0 unspecified atom stereocenters. The maximum Gasteiger partial charge on any atom is 0.338 e. The van der Waals surface area contributed by atoms with Gasteiger partial charge in [-0.2, -0.15) is 0 Å². The van der Waals surface area contributed by atoms with Crippen LogP contribution in [-0.2, 0) is 11.3 Å². The van der Waals surface area contributed by atoms with Gasteiger partial charge < -0.3 is 19.1 Å². The number of hydrogen-bond acceptors (Lipinski definition) is 6. The van der Waals surface area contributed by atoms with Gasteiger partial charge in [0.25, 0.3) is 0 Å². The molecule has 1 heterocycles. The van der Waals surface area contributed by atoms with E-state index in [-0.39, 0.29) is 5.97 Å². The number of benzene rings is 2. The monoisotopic (exact) mass is 432 g/mol. The molecule has 2 aromatic carbocycles. The molecular weight excluding hydrogens is 404 g/mol. The van der Waals surface area contributed by atoms with Gasteiger partial charge in [0.05, 0.1) is 25.9 Å². The third-order valence-corrected chi connectivity index (χ3v) is 5.36. The third-order valence-electron chi connectivity index (χ3n) is 5.36. The lowest BCUT2D eigenvalue weighted by Gasteiger charge is -2.26. The number of anilines is 2. The van der Waals surface area contributed by atoms with Crippen molar-refractivity contribution in [1.29, 1.82) is 0 Å². The second kappa shape index (κ2) is 10.2. The molecule has 3 aromatic rings. The summed E-state index contributed by atoms with van der Waals surface area (Å²) in [5.74, 6) is 1.72. The number of pyridine rings is 1. The average molecular weight is 433 g/mol. The fraction of sp³-hybridized carbons (Fsp3) is 0.308. The zero-order chi connectivity index (χ0) is 22.3. The minimum atomic E-state index is -0.334. The fourth-order valence-electron chi connectivity index (χ4n) is 3.46. The van der Waals surface area contributed by atoms with Crippen molar-refractivity contribution in [3.05, 3.63) is 78.1 Å². The van der Waals surface area contributed by atoms with Crippen LogP contribution in [0, 0.1) is 5.92 Å². The Hall–Kier alpha value is -3.54. The molecule has 4 rings (SSSR count). The molecule has 0 amide bonds. The molecule has 0 spiro atoms. The van der Waals surface area contributed by atoms with Gasteiger partial charge in [-0.15, -0.1) is 0 Å². The normalized spacial score (nSPS) is 12.8. The Kier molecular flexibility index (Phi) is 6.90. The predicted octanol–water partition coefficient (Wildman–Crippen LogP) is 5.39. The SMILES string of the molecule is CCOC(=O)c1cccc(N(Cc2cccnc2)c2ccc(OC)c(OCC3CC3)c2)c1. The maximum absolute atomic E-state index is 12.3. The molecule has 1 aromatic heterocycles. The van der Waals surface area contributed by atoms with E-state index in [4.69, 9.17) is 14.2 Å².